The zero-order valence-electron chi connectivity index (χ0n) is 15.9. The second-order valence-electron chi connectivity index (χ2n) is 6.86. The van der Waals surface area contributed by atoms with Crippen LogP contribution < -0.4 is 5.32 Å². The van der Waals surface area contributed by atoms with Gasteiger partial charge >= 0.3 is 6.18 Å². The summed E-state index contributed by atoms with van der Waals surface area (Å²) in [7, 11) is 0. The third-order valence-electron chi connectivity index (χ3n) is 4.40. The number of alkyl halides is 5. The van der Waals surface area contributed by atoms with Gasteiger partial charge in [-0.2, -0.15) is 22.0 Å². The van der Waals surface area contributed by atoms with Crippen LogP contribution in [0.1, 0.15) is 36.7 Å². The summed E-state index contributed by atoms with van der Waals surface area (Å²) < 4.78 is 80.7. The van der Waals surface area contributed by atoms with E-state index in [1.54, 1.807) is 6.92 Å². The van der Waals surface area contributed by atoms with E-state index in [1.807, 2.05) is 0 Å². The van der Waals surface area contributed by atoms with Crippen LogP contribution in [-0.4, -0.2) is 9.97 Å². The molecule has 3 aromatic rings. The lowest BCUT2D eigenvalue weighted by Gasteiger charge is -2.22. The van der Waals surface area contributed by atoms with E-state index < -0.39 is 35.2 Å². The van der Waals surface area contributed by atoms with Gasteiger partial charge in [0.15, 0.2) is 0 Å². The number of rotatable bonds is 5. The summed E-state index contributed by atoms with van der Waals surface area (Å²) in [6.45, 7) is 2.21. The van der Waals surface area contributed by atoms with Crippen molar-refractivity contribution in [3.8, 4) is 11.3 Å². The molecule has 1 aromatic carbocycles. The van der Waals surface area contributed by atoms with Crippen molar-refractivity contribution in [2.24, 2.45) is 0 Å². The largest absolute Gasteiger partial charge is 0.416 e. The van der Waals surface area contributed by atoms with Crippen LogP contribution in [0.25, 0.3) is 11.3 Å². The number of pyridine rings is 2. The van der Waals surface area contributed by atoms with Crippen LogP contribution in [0.2, 0.25) is 0 Å². The zero-order valence-corrected chi connectivity index (χ0v) is 15.9. The molecule has 9 heteroatoms. The molecular weight excluding hydrogens is 408 g/mol. The molecule has 1 unspecified atom stereocenters. The Labute approximate surface area is 168 Å². The van der Waals surface area contributed by atoms with Crippen LogP contribution in [0.15, 0.2) is 54.9 Å². The number of nitrogens with one attached hydrogen (secondary N) is 1. The summed E-state index contributed by atoms with van der Waals surface area (Å²) in [6, 6.07) is 7.77. The second kappa shape index (κ2) is 7.97. The highest BCUT2D eigenvalue weighted by molar-refractivity contribution is 5.63. The highest BCUT2D eigenvalue weighted by Crippen LogP contribution is 2.36. The summed E-state index contributed by atoms with van der Waals surface area (Å²) in [5.74, 6) is -3.99. The van der Waals surface area contributed by atoms with Gasteiger partial charge in [0.1, 0.15) is 11.5 Å². The SMILES string of the molecule is CC(Nc1ccc(-c2cncc(F)c2)nc1C(C)(F)F)c1cccc(C(F)(F)F)c1. The van der Waals surface area contributed by atoms with Crippen LogP contribution in [-0.2, 0) is 12.1 Å². The van der Waals surface area contributed by atoms with Crippen molar-refractivity contribution in [2.75, 3.05) is 5.32 Å². The minimum atomic E-state index is -4.51. The maximum absolute atomic E-state index is 14.2. The third-order valence-corrected chi connectivity index (χ3v) is 4.40. The first-order chi connectivity index (χ1) is 13.9. The van der Waals surface area contributed by atoms with E-state index >= 15 is 0 Å². The molecule has 0 aliphatic heterocycles. The predicted molar refractivity (Wildman–Crippen MR) is 100 cm³/mol. The van der Waals surface area contributed by atoms with Gasteiger partial charge < -0.3 is 5.32 Å². The molecule has 0 bridgehead atoms. The van der Waals surface area contributed by atoms with Gasteiger partial charge in [0, 0.05) is 24.7 Å². The maximum atomic E-state index is 14.2. The molecule has 2 heterocycles. The van der Waals surface area contributed by atoms with E-state index in [1.165, 1.54) is 30.5 Å². The lowest BCUT2D eigenvalue weighted by atomic mass is 10.0. The van der Waals surface area contributed by atoms with Gasteiger partial charge in [-0.05, 0) is 42.8 Å². The van der Waals surface area contributed by atoms with Gasteiger partial charge in [-0.15, -0.1) is 0 Å². The average molecular weight is 425 g/mol. The van der Waals surface area contributed by atoms with Gasteiger partial charge in [0.2, 0.25) is 0 Å². The molecule has 3 rings (SSSR count). The number of hydrogen-bond acceptors (Lipinski definition) is 3. The summed E-state index contributed by atoms with van der Waals surface area (Å²) in [4.78, 5) is 7.64. The van der Waals surface area contributed by atoms with Crippen molar-refractivity contribution >= 4 is 5.69 Å². The van der Waals surface area contributed by atoms with Gasteiger partial charge in [-0.1, -0.05) is 12.1 Å². The standard InChI is InChI=1S/C21H17F6N3/c1-12(13-4-3-5-15(8-13)21(25,26)27)29-18-7-6-17(30-19(18)20(2,23)24)14-9-16(22)11-28-10-14/h3-12,29H,1-2H3. The first-order valence-electron chi connectivity index (χ1n) is 8.89. The van der Waals surface area contributed by atoms with Crippen molar-refractivity contribution in [1.29, 1.82) is 0 Å². The Morgan fingerprint density at radius 2 is 1.70 bits per heavy atom. The van der Waals surface area contributed by atoms with Crippen molar-refractivity contribution in [2.45, 2.75) is 32.0 Å². The van der Waals surface area contributed by atoms with Crippen molar-refractivity contribution < 1.29 is 26.3 Å². The van der Waals surface area contributed by atoms with Crippen LogP contribution in [0.3, 0.4) is 0 Å². The van der Waals surface area contributed by atoms with Gasteiger partial charge in [-0.3, -0.25) is 4.98 Å². The fourth-order valence-corrected chi connectivity index (χ4v) is 2.92. The Hall–Kier alpha value is -3.10. The molecule has 0 aliphatic carbocycles. The van der Waals surface area contributed by atoms with Gasteiger partial charge in [-0.25, -0.2) is 9.37 Å². The first-order valence-corrected chi connectivity index (χ1v) is 8.89. The molecule has 0 aliphatic rings. The fourth-order valence-electron chi connectivity index (χ4n) is 2.92. The molecule has 2 aromatic heterocycles. The molecule has 1 N–H and O–H groups in total. The Kier molecular flexibility index (Phi) is 5.74. The first kappa shape index (κ1) is 21.6. The van der Waals surface area contributed by atoms with Crippen molar-refractivity contribution in [3.63, 3.8) is 0 Å². The summed E-state index contributed by atoms with van der Waals surface area (Å²) in [6.07, 6.45) is -2.24. The molecular formula is C21H17F6N3. The predicted octanol–water partition coefficient (Wildman–Crippen LogP) is 6.59. The molecule has 1 atom stereocenters. The number of anilines is 1. The molecule has 158 valence electrons. The molecule has 30 heavy (non-hydrogen) atoms. The Morgan fingerprint density at radius 3 is 2.33 bits per heavy atom. The van der Waals surface area contributed by atoms with Crippen LogP contribution in [0.4, 0.5) is 32.0 Å². The number of nitrogens with zero attached hydrogens (tertiary/aromatic N) is 2. The fraction of sp³-hybridized carbons (Fsp3) is 0.238. The van der Waals surface area contributed by atoms with E-state index in [2.05, 4.69) is 15.3 Å². The van der Waals surface area contributed by atoms with Gasteiger partial charge in [0.05, 0.1) is 23.1 Å². The van der Waals surface area contributed by atoms with E-state index in [-0.39, 0.29) is 22.5 Å². The number of benzene rings is 1. The lowest BCUT2D eigenvalue weighted by molar-refractivity contribution is -0.137. The zero-order chi connectivity index (χ0) is 22.1. The minimum absolute atomic E-state index is 0.0412. The Bertz CT molecular complexity index is 1040. The quantitative estimate of drug-likeness (QED) is 0.469. The monoisotopic (exact) mass is 425 g/mol. The van der Waals surface area contributed by atoms with Crippen molar-refractivity contribution in [1.82, 2.24) is 9.97 Å². The third kappa shape index (κ3) is 4.90. The average Bonchev–Trinajstić information content (AvgIpc) is 2.67. The highest BCUT2D eigenvalue weighted by Gasteiger charge is 2.32. The van der Waals surface area contributed by atoms with Gasteiger partial charge in [0.25, 0.3) is 5.92 Å². The van der Waals surface area contributed by atoms with E-state index in [0.717, 1.165) is 24.4 Å². The maximum Gasteiger partial charge on any atom is 0.416 e. The smallest absolute Gasteiger partial charge is 0.377 e. The van der Waals surface area contributed by atoms with E-state index in [4.69, 9.17) is 0 Å². The Balaban J connectivity index is 1.96. The summed E-state index contributed by atoms with van der Waals surface area (Å²) >= 11 is 0. The molecule has 0 spiro atoms. The molecule has 0 radical (unpaired) electrons. The van der Waals surface area contributed by atoms with Crippen molar-refractivity contribution in [3.05, 3.63) is 77.5 Å². The topological polar surface area (TPSA) is 37.8 Å². The van der Waals surface area contributed by atoms with Crippen LogP contribution >= 0.6 is 0 Å². The van der Waals surface area contributed by atoms with Crippen LogP contribution in [0, 0.1) is 5.82 Å². The molecule has 0 saturated carbocycles. The minimum Gasteiger partial charge on any atom is -0.377 e. The van der Waals surface area contributed by atoms with E-state index in [0.29, 0.717) is 6.92 Å². The summed E-state index contributed by atoms with van der Waals surface area (Å²) in [5.41, 5.74) is -0.896. The lowest BCUT2D eigenvalue weighted by Crippen LogP contribution is -2.17. The molecule has 3 nitrogen and oxygen atoms in total. The number of hydrogen-bond donors (Lipinski definition) is 1. The molecule has 0 amide bonds. The van der Waals surface area contributed by atoms with E-state index in [9.17, 15) is 26.3 Å². The number of aromatic nitrogens is 2. The Morgan fingerprint density at radius 1 is 0.967 bits per heavy atom. The normalized spacial score (nSPS) is 13.2. The number of halogens is 6. The van der Waals surface area contributed by atoms with Crippen LogP contribution in [0.5, 0.6) is 0 Å². The highest BCUT2D eigenvalue weighted by atomic mass is 19.4. The molecule has 0 saturated heterocycles. The second-order valence-corrected chi connectivity index (χ2v) is 6.86. The molecule has 0 fully saturated rings. The summed E-state index contributed by atoms with van der Waals surface area (Å²) in [5, 5.41) is 2.80.